The van der Waals surface area contributed by atoms with Crippen molar-refractivity contribution in [1.82, 2.24) is 20.0 Å². The highest BCUT2D eigenvalue weighted by molar-refractivity contribution is 6.09. The van der Waals surface area contributed by atoms with Crippen molar-refractivity contribution in [3.63, 3.8) is 0 Å². The third-order valence-electron chi connectivity index (χ3n) is 5.95. The first kappa shape index (κ1) is 19.4. The van der Waals surface area contributed by atoms with E-state index in [4.69, 9.17) is 4.74 Å². The van der Waals surface area contributed by atoms with Crippen LogP contribution in [-0.4, -0.2) is 83.5 Å². The molecule has 0 bridgehead atoms. The first-order valence-corrected chi connectivity index (χ1v) is 9.72. The summed E-state index contributed by atoms with van der Waals surface area (Å²) in [4.78, 5) is 53.9. The lowest BCUT2D eigenvalue weighted by atomic mass is 9.73. The van der Waals surface area contributed by atoms with E-state index in [9.17, 15) is 19.2 Å². The summed E-state index contributed by atoms with van der Waals surface area (Å²) in [6, 6.07) is -0.479. The molecule has 2 aliphatic heterocycles. The Morgan fingerprint density at radius 1 is 1.15 bits per heavy atom. The van der Waals surface area contributed by atoms with Gasteiger partial charge in [0.15, 0.2) is 0 Å². The molecule has 3 fully saturated rings. The zero-order chi connectivity index (χ0) is 19.6. The van der Waals surface area contributed by atoms with Gasteiger partial charge in [0.05, 0.1) is 6.61 Å². The maximum absolute atomic E-state index is 12.9. The Kier molecular flexibility index (Phi) is 5.57. The van der Waals surface area contributed by atoms with Gasteiger partial charge >= 0.3 is 12.1 Å². The third-order valence-corrected chi connectivity index (χ3v) is 5.95. The number of imide groups is 1. The molecule has 2 atom stereocenters. The van der Waals surface area contributed by atoms with Crippen molar-refractivity contribution in [2.45, 2.75) is 45.1 Å². The normalized spacial score (nSPS) is 28.5. The fraction of sp³-hybridized carbons (Fsp3) is 0.778. The summed E-state index contributed by atoms with van der Waals surface area (Å²) < 4.78 is 4.96. The summed E-state index contributed by atoms with van der Waals surface area (Å²) in [5.74, 6) is -0.489. The van der Waals surface area contributed by atoms with Gasteiger partial charge in [-0.25, -0.2) is 9.59 Å². The number of nitrogens with zero attached hydrogens (tertiary/aromatic N) is 3. The number of ether oxygens (including phenoxy) is 1. The minimum Gasteiger partial charge on any atom is -0.450 e. The van der Waals surface area contributed by atoms with E-state index in [0.29, 0.717) is 39.2 Å². The molecule has 0 aromatic carbocycles. The van der Waals surface area contributed by atoms with Gasteiger partial charge in [-0.1, -0.05) is 19.8 Å². The van der Waals surface area contributed by atoms with Crippen LogP contribution in [-0.2, 0) is 14.3 Å². The molecule has 0 unspecified atom stereocenters. The molecule has 5 amide bonds. The van der Waals surface area contributed by atoms with Gasteiger partial charge in [-0.2, -0.15) is 0 Å². The van der Waals surface area contributed by atoms with Crippen LogP contribution in [0.1, 0.15) is 39.5 Å². The molecule has 150 valence electrons. The first-order valence-electron chi connectivity index (χ1n) is 9.72. The molecule has 9 nitrogen and oxygen atoms in total. The molecule has 27 heavy (non-hydrogen) atoms. The smallest absolute Gasteiger partial charge is 0.409 e. The van der Waals surface area contributed by atoms with Crippen molar-refractivity contribution in [2.24, 2.45) is 5.92 Å². The molecular weight excluding hydrogens is 352 g/mol. The molecule has 1 spiro atoms. The Balaban J connectivity index is 1.58. The Hall–Kier alpha value is -2.32. The number of nitrogens with one attached hydrogen (secondary N) is 1. The summed E-state index contributed by atoms with van der Waals surface area (Å²) >= 11 is 0. The van der Waals surface area contributed by atoms with Crippen LogP contribution < -0.4 is 5.32 Å². The molecule has 2 saturated heterocycles. The van der Waals surface area contributed by atoms with E-state index in [1.54, 1.807) is 16.7 Å². The maximum Gasteiger partial charge on any atom is 0.409 e. The third kappa shape index (κ3) is 3.59. The van der Waals surface area contributed by atoms with Crippen LogP contribution in [0, 0.1) is 5.92 Å². The van der Waals surface area contributed by atoms with Gasteiger partial charge < -0.3 is 19.9 Å². The lowest BCUT2D eigenvalue weighted by Gasteiger charge is -2.37. The molecule has 0 aromatic rings. The number of hydrogen-bond acceptors (Lipinski definition) is 5. The molecule has 9 heteroatoms. The van der Waals surface area contributed by atoms with Crippen molar-refractivity contribution in [3.8, 4) is 0 Å². The molecule has 0 aromatic heterocycles. The summed E-state index contributed by atoms with van der Waals surface area (Å²) in [5.41, 5.74) is -0.849. The van der Waals surface area contributed by atoms with Crippen LogP contribution in [0.2, 0.25) is 0 Å². The molecule has 1 aliphatic carbocycles. The quantitative estimate of drug-likeness (QED) is 0.730. The average molecular weight is 380 g/mol. The fourth-order valence-corrected chi connectivity index (χ4v) is 4.23. The van der Waals surface area contributed by atoms with Crippen molar-refractivity contribution < 1.29 is 23.9 Å². The number of carbonyl (C=O) groups is 4. The lowest BCUT2D eigenvalue weighted by Crippen LogP contribution is -2.55. The Morgan fingerprint density at radius 2 is 1.81 bits per heavy atom. The minimum atomic E-state index is -0.849. The molecular formula is C18H28N4O5. The van der Waals surface area contributed by atoms with Crippen LogP contribution in [0.3, 0.4) is 0 Å². The number of urea groups is 1. The second-order valence-electron chi connectivity index (χ2n) is 7.51. The standard InChI is InChI=1S/C18H28N4O5/c1-3-27-17(26)21-10-8-20(9-11-21)14(23)12-22-15(24)18(19-16(22)25)7-5-4-6-13(18)2/h13H,3-12H2,1-2H3,(H,19,25)/t13-,18-/m0/s1. The summed E-state index contributed by atoms with van der Waals surface area (Å²) in [5, 5.41) is 2.86. The number of amides is 5. The highest BCUT2D eigenvalue weighted by Gasteiger charge is 2.55. The Morgan fingerprint density at radius 3 is 2.44 bits per heavy atom. The van der Waals surface area contributed by atoms with Crippen LogP contribution in [0.4, 0.5) is 9.59 Å². The maximum atomic E-state index is 12.9. The zero-order valence-corrected chi connectivity index (χ0v) is 16.0. The topological polar surface area (TPSA) is 99.3 Å². The van der Waals surface area contributed by atoms with E-state index in [1.807, 2.05) is 6.92 Å². The lowest BCUT2D eigenvalue weighted by molar-refractivity contribution is -0.141. The monoisotopic (exact) mass is 380 g/mol. The summed E-state index contributed by atoms with van der Waals surface area (Å²) in [7, 11) is 0. The number of piperazine rings is 1. The number of hydrogen-bond donors (Lipinski definition) is 1. The largest absolute Gasteiger partial charge is 0.450 e. The highest BCUT2D eigenvalue weighted by atomic mass is 16.6. The van der Waals surface area contributed by atoms with Crippen LogP contribution in [0.5, 0.6) is 0 Å². The number of rotatable bonds is 3. The fourth-order valence-electron chi connectivity index (χ4n) is 4.23. The van der Waals surface area contributed by atoms with Gasteiger partial charge in [0.2, 0.25) is 5.91 Å². The Bertz CT molecular complexity index is 631. The van der Waals surface area contributed by atoms with E-state index in [1.165, 1.54) is 0 Å². The molecule has 1 N–H and O–H groups in total. The predicted molar refractivity (Wildman–Crippen MR) is 95.8 cm³/mol. The van der Waals surface area contributed by atoms with Crippen molar-refractivity contribution >= 4 is 23.9 Å². The molecule has 2 heterocycles. The minimum absolute atomic E-state index is 0.0657. The molecule has 3 rings (SSSR count). The second-order valence-corrected chi connectivity index (χ2v) is 7.51. The predicted octanol–water partition coefficient (Wildman–Crippen LogP) is 0.788. The van der Waals surface area contributed by atoms with Gasteiger partial charge in [0.1, 0.15) is 12.1 Å². The first-order chi connectivity index (χ1) is 12.9. The van der Waals surface area contributed by atoms with Crippen LogP contribution in [0.15, 0.2) is 0 Å². The van der Waals surface area contributed by atoms with Crippen molar-refractivity contribution in [1.29, 1.82) is 0 Å². The van der Waals surface area contributed by atoms with E-state index in [-0.39, 0.29) is 30.4 Å². The van der Waals surface area contributed by atoms with E-state index in [0.717, 1.165) is 24.2 Å². The average Bonchev–Trinajstić information content (AvgIpc) is 2.89. The highest BCUT2D eigenvalue weighted by Crippen LogP contribution is 2.38. The number of carbonyl (C=O) groups excluding carboxylic acids is 4. The summed E-state index contributed by atoms with van der Waals surface area (Å²) in [6.45, 7) is 5.28. The molecule has 3 aliphatic rings. The Labute approximate surface area is 159 Å². The van der Waals surface area contributed by atoms with Gasteiger partial charge in [0.25, 0.3) is 5.91 Å². The van der Waals surface area contributed by atoms with E-state index >= 15 is 0 Å². The van der Waals surface area contributed by atoms with E-state index in [2.05, 4.69) is 5.32 Å². The van der Waals surface area contributed by atoms with Gasteiger partial charge in [-0.15, -0.1) is 0 Å². The SMILES string of the molecule is CCOC(=O)N1CCN(C(=O)CN2C(=O)N[C@]3(CCCC[C@@H]3C)C2=O)CC1. The zero-order valence-electron chi connectivity index (χ0n) is 16.0. The van der Waals surface area contributed by atoms with Crippen molar-refractivity contribution in [3.05, 3.63) is 0 Å². The van der Waals surface area contributed by atoms with E-state index < -0.39 is 11.6 Å². The summed E-state index contributed by atoms with van der Waals surface area (Å²) in [6.07, 6.45) is 3.08. The molecule has 0 radical (unpaired) electrons. The molecule has 1 saturated carbocycles. The van der Waals surface area contributed by atoms with Crippen LogP contribution in [0.25, 0.3) is 0 Å². The van der Waals surface area contributed by atoms with Gasteiger partial charge in [-0.05, 0) is 25.7 Å². The van der Waals surface area contributed by atoms with Gasteiger partial charge in [0, 0.05) is 26.2 Å². The van der Waals surface area contributed by atoms with Gasteiger partial charge in [-0.3, -0.25) is 14.5 Å². The second kappa shape index (κ2) is 7.74. The van der Waals surface area contributed by atoms with Crippen molar-refractivity contribution in [2.75, 3.05) is 39.3 Å². The van der Waals surface area contributed by atoms with Crippen LogP contribution >= 0.6 is 0 Å².